The number of halogens is 4. The summed E-state index contributed by atoms with van der Waals surface area (Å²) in [7, 11) is 0. The summed E-state index contributed by atoms with van der Waals surface area (Å²) >= 11 is 3.93. The lowest BCUT2D eigenvalue weighted by Crippen LogP contribution is -2.55. The molecule has 0 bridgehead atoms. The van der Waals surface area contributed by atoms with Crippen LogP contribution in [0, 0.1) is 0 Å². The molecule has 2 aliphatic rings. The zero-order valence-electron chi connectivity index (χ0n) is 22.2. The summed E-state index contributed by atoms with van der Waals surface area (Å²) < 4.78 is 57.5. The van der Waals surface area contributed by atoms with Gasteiger partial charge in [-0.1, -0.05) is 11.6 Å². The molecule has 14 heteroatoms. The number of piperazine rings is 1. The van der Waals surface area contributed by atoms with Crippen molar-refractivity contribution in [1.29, 1.82) is 0 Å². The maximum absolute atomic E-state index is 13.2. The van der Waals surface area contributed by atoms with Gasteiger partial charge in [-0.2, -0.15) is 13.2 Å². The fourth-order valence-corrected chi connectivity index (χ4v) is 5.43. The SMILES string of the molecule is C[C@H](C(=O)N1CCN(c2ccc(S(=O)[O-])cc2)CC1)N1CCCc2cc(Cl)ccc21.Nc1cc(C(F)(F)F)ncn1.[HH].[HH]. The standard InChI is InChI=1S/C22H26ClN3O3S.C5H4F3N3.2H2/c1-16(26-10-2-3-17-15-18(23)4-9-21(17)26)22(27)25-13-11-24(12-14-25)19-5-7-20(8-6-19)30(28)29;6-5(7,8)3-1-4(9)11-2-10-3;;/h4-9,15-16H,2-3,10-14H2,1H3,(H,28,29);1-2H,(H2,9,10,11);2*1H/p-1/t16-;;;/m1.../s1. The number of nitrogens with zero attached hydrogens (tertiary/aromatic N) is 5. The molecule has 3 aromatic rings. The normalized spacial score (nSPS) is 16.8. The van der Waals surface area contributed by atoms with Crippen molar-refractivity contribution in [2.45, 2.75) is 36.9 Å². The summed E-state index contributed by atoms with van der Waals surface area (Å²) in [5.41, 5.74) is 7.28. The number of benzene rings is 2. The molecule has 1 saturated heterocycles. The Balaban J connectivity index is 0.000000423. The van der Waals surface area contributed by atoms with Gasteiger partial charge in [0.25, 0.3) is 0 Å². The number of hydrogen-bond acceptors (Lipinski definition) is 8. The summed E-state index contributed by atoms with van der Waals surface area (Å²) in [5.74, 6) is -0.0399. The zero-order chi connectivity index (χ0) is 29.7. The highest BCUT2D eigenvalue weighted by molar-refractivity contribution is 7.79. The van der Waals surface area contributed by atoms with E-state index in [0.29, 0.717) is 19.2 Å². The molecule has 9 nitrogen and oxygen atoms in total. The van der Waals surface area contributed by atoms with Crippen molar-refractivity contribution in [3.05, 3.63) is 71.1 Å². The van der Waals surface area contributed by atoms with E-state index in [9.17, 15) is 26.7 Å². The van der Waals surface area contributed by atoms with E-state index in [1.54, 1.807) is 12.1 Å². The van der Waals surface area contributed by atoms with Gasteiger partial charge >= 0.3 is 6.18 Å². The van der Waals surface area contributed by atoms with Gasteiger partial charge in [0.05, 0.1) is 0 Å². The summed E-state index contributed by atoms with van der Waals surface area (Å²) in [5, 5.41) is 0.736. The first kappa shape index (κ1) is 30.5. The first-order chi connectivity index (χ1) is 19.4. The van der Waals surface area contributed by atoms with Crippen LogP contribution >= 0.6 is 11.6 Å². The topological polar surface area (TPSA) is 119 Å². The second kappa shape index (κ2) is 13.0. The number of carbonyl (C=O) groups is 1. The second-order valence-corrected chi connectivity index (χ2v) is 11.0. The third-order valence-corrected chi connectivity index (χ3v) is 7.88. The number of carbonyl (C=O) groups excluding carboxylic acids is 1. The molecule has 2 aromatic carbocycles. The van der Waals surface area contributed by atoms with Crippen molar-refractivity contribution >= 4 is 45.8 Å². The molecule has 41 heavy (non-hydrogen) atoms. The van der Waals surface area contributed by atoms with Gasteiger partial charge in [0, 0.05) is 62.9 Å². The average Bonchev–Trinajstić information content (AvgIpc) is 2.96. The highest BCUT2D eigenvalue weighted by Gasteiger charge is 2.33. The lowest BCUT2D eigenvalue weighted by molar-refractivity contribution is -0.141. The molecule has 0 aliphatic carbocycles. The lowest BCUT2D eigenvalue weighted by Gasteiger charge is -2.41. The number of rotatable bonds is 4. The van der Waals surface area contributed by atoms with Crippen LogP contribution < -0.4 is 15.5 Å². The van der Waals surface area contributed by atoms with Crippen molar-refractivity contribution in [1.82, 2.24) is 14.9 Å². The molecular weight excluding hydrogens is 581 g/mol. The van der Waals surface area contributed by atoms with Crippen LogP contribution in [0.1, 0.15) is 27.5 Å². The molecule has 0 radical (unpaired) electrons. The molecule has 2 N–H and O–H groups in total. The van der Waals surface area contributed by atoms with E-state index in [1.807, 2.05) is 42.2 Å². The van der Waals surface area contributed by atoms with Crippen molar-refractivity contribution < 1.29 is 29.6 Å². The molecule has 3 heterocycles. The van der Waals surface area contributed by atoms with Gasteiger partial charge in [-0.05, 0) is 78.9 Å². The molecule has 0 spiro atoms. The molecule has 1 fully saturated rings. The fourth-order valence-electron chi connectivity index (χ4n) is 4.88. The number of amides is 1. The first-order valence-corrected chi connectivity index (χ1v) is 14.3. The van der Waals surface area contributed by atoms with Crippen LogP contribution in [0.5, 0.6) is 0 Å². The van der Waals surface area contributed by atoms with Gasteiger partial charge in [0.1, 0.15) is 23.9 Å². The van der Waals surface area contributed by atoms with Gasteiger partial charge in [-0.15, -0.1) is 0 Å². The average molecular weight is 614 g/mol. The van der Waals surface area contributed by atoms with Crippen molar-refractivity contribution in [2.24, 2.45) is 0 Å². The Bertz CT molecular complexity index is 1400. The number of aromatic nitrogens is 2. The summed E-state index contributed by atoms with van der Waals surface area (Å²) in [6.07, 6.45) is -1.66. The molecule has 224 valence electrons. The number of fused-ring (bicyclic) bond motifs is 1. The van der Waals surface area contributed by atoms with Crippen molar-refractivity contribution in [2.75, 3.05) is 48.3 Å². The van der Waals surface area contributed by atoms with Crippen LogP contribution in [0.15, 0.2) is 59.8 Å². The van der Waals surface area contributed by atoms with Gasteiger partial charge in [0.15, 0.2) is 0 Å². The van der Waals surface area contributed by atoms with Crippen LogP contribution in [0.25, 0.3) is 0 Å². The van der Waals surface area contributed by atoms with Crippen molar-refractivity contribution in [3.63, 3.8) is 0 Å². The van der Waals surface area contributed by atoms with Crippen LogP contribution in [0.3, 0.4) is 0 Å². The largest absolute Gasteiger partial charge is 0.768 e. The Labute approximate surface area is 246 Å². The van der Waals surface area contributed by atoms with E-state index in [4.69, 9.17) is 17.3 Å². The number of aryl methyl sites for hydroxylation is 1. The number of nitrogens with two attached hydrogens (primary N) is 1. The van der Waals surface area contributed by atoms with E-state index in [2.05, 4.69) is 19.8 Å². The lowest BCUT2D eigenvalue weighted by atomic mass is 10.00. The Morgan fingerprint density at radius 1 is 1.07 bits per heavy atom. The molecule has 2 aliphatic heterocycles. The van der Waals surface area contributed by atoms with Crippen LogP contribution in [0.2, 0.25) is 5.02 Å². The van der Waals surface area contributed by atoms with Crippen molar-refractivity contribution in [3.8, 4) is 0 Å². The smallest absolute Gasteiger partial charge is 0.433 e. The fraction of sp³-hybridized carbons (Fsp3) is 0.370. The number of anilines is 3. The van der Waals surface area contributed by atoms with Crippen LogP contribution in [-0.2, 0) is 28.5 Å². The Morgan fingerprint density at radius 3 is 2.34 bits per heavy atom. The number of nitrogen functional groups attached to an aromatic ring is 1. The minimum absolute atomic E-state index is 0. The van der Waals surface area contributed by atoms with E-state index in [0.717, 1.165) is 55.2 Å². The predicted octanol–water partition coefficient (Wildman–Crippen LogP) is 4.64. The van der Waals surface area contributed by atoms with Gasteiger partial charge in [0.2, 0.25) is 5.91 Å². The minimum Gasteiger partial charge on any atom is -0.768 e. The number of alkyl halides is 3. The van der Waals surface area contributed by atoms with Gasteiger partial charge in [-0.3, -0.25) is 9.00 Å². The van der Waals surface area contributed by atoms with E-state index < -0.39 is 23.0 Å². The van der Waals surface area contributed by atoms with E-state index in [1.165, 1.54) is 5.56 Å². The third kappa shape index (κ3) is 7.66. The Kier molecular flexibility index (Phi) is 9.72. The maximum Gasteiger partial charge on any atom is 0.433 e. The summed E-state index contributed by atoms with van der Waals surface area (Å²) in [4.78, 5) is 26.1. The molecule has 1 unspecified atom stereocenters. The first-order valence-electron chi connectivity index (χ1n) is 12.9. The van der Waals surface area contributed by atoms with Crippen LogP contribution in [-0.4, -0.2) is 68.3 Å². The predicted molar refractivity (Wildman–Crippen MR) is 155 cm³/mol. The second-order valence-electron chi connectivity index (χ2n) is 9.61. The molecule has 1 aromatic heterocycles. The zero-order valence-corrected chi connectivity index (χ0v) is 23.8. The monoisotopic (exact) mass is 613 g/mol. The minimum atomic E-state index is -4.45. The summed E-state index contributed by atoms with van der Waals surface area (Å²) in [6.45, 7) is 5.61. The molecule has 1 amide bonds. The van der Waals surface area contributed by atoms with Gasteiger partial charge < -0.3 is 25.0 Å². The summed E-state index contributed by atoms with van der Waals surface area (Å²) in [6, 6.07) is 13.2. The highest BCUT2D eigenvalue weighted by atomic mass is 35.5. The molecular formula is C27H33ClF3N6O3S-. The quantitative estimate of drug-likeness (QED) is 0.423. The van der Waals surface area contributed by atoms with E-state index >= 15 is 0 Å². The maximum atomic E-state index is 13.2. The van der Waals surface area contributed by atoms with Crippen LogP contribution in [0.4, 0.5) is 30.4 Å². The molecule has 5 rings (SSSR count). The number of hydrogen-bond donors (Lipinski definition) is 1. The highest BCUT2D eigenvalue weighted by Crippen LogP contribution is 2.32. The van der Waals surface area contributed by atoms with Gasteiger partial charge in [-0.25, -0.2) is 9.97 Å². The Hall–Kier alpha value is -3.42. The molecule has 0 saturated carbocycles. The van der Waals surface area contributed by atoms with E-state index in [-0.39, 0.29) is 25.5 Å². The Morgan fingerprint density at radius 2 is 1.76 bits per heavy atom. The third-order valence-electron chi connectivity index (χ3n) is 6.99. The molecule has 2 atom stereocenters.